The first-order valence-corrected chi connectivity index (χ1v) is 9.71. The van der Waals surface area contributed by atoms with Crippen LogP contribution < -0.4 is 15.4 Å². The fourth-order valence-corrected chi connectivity index (χ4v) is 3.89. The Kier molecular flexibility index (Phi) is 5.91. The highest BCUT2D eigenvalue weighted by atomic mass is 32.1. The van der Waals surface area contributed by atoms with Gasteiger partial charge in [-0.2, -0.15) is 0 Å². The summed E-state index contributed by atoms with van der Waals surface area (Å²) in [4.78, 5) is 22.8. The van der Waals surface area contributed by atoms with E-state index < -0.39 is 0 Å². The molecule has 3 aromatic rings. The number of nitrogens with one attached hydrogen (secondary N) is 2. The quantitative estimate of drug-likeness (QED) is 0.644. The number of ether oxygens (including phenoxy) is 1. The van der Waals surface area contributed by atoms with Crippen molar-refractivity contribution in [1.29, 1.82) is 0 Å². The molecule has 3 rings (SSSR count). The molecule has 0 spiro atoms. The standard InChI is InChI=1S/C20H24N4O2S/c1-12(2)9-22-19(25)17-13(3)16-18(23-11-24-20(16)27-17)21-10-14-7-5-6-8-15(14)26-4/h5-8,11-12H,9-10H2,1-4H3,(H,22,25)(H,21,23,24). The van der Waals surface area contributed by atoms with Crippen LogP contribution in [0.5, 0.6) is 5.75 Å². The maximum atomic E-state index is 12.5. The molecule has 0 aliphatic heterocycles. The Labute approximate surface area is 163 Å². The number of anilines is 1. The van der Waals surface area contributed by atoms with Gasteiger partial charge in [-0.1, -0.05) is 32.0 Å². The van der Waals surface area contributed by atoms with E-state index in [1.807, 2.05) is 31.2 Å². The van der Waals surface area contributed by atoms with Crippen molar-refractivity contribution in [2.45, 2.75) is 27.3 Å². The number of hydrogen-bond acceptors (Lipinski definition) is 6. The molecule has 27 heavy (non-hydrogen) atoms. The second-order valence-corrected chi connectivity index (χ2v) is 7.73. The molecule has 7 heteroatoms. The Hall–Kier alpha value is -2.67. The zero-order chi connectivity index (χ0) is 19.4. The first-order valence-electron chi connectivity index (χ1n) is 8.89. The summed E-state index contributed by atoms with van der Waals surface area (Å²) in [6, 6.07) is 7.85. The summed E-state index contributed by atoms with van der Waals surface area (Å²) in [7, 11) is 1.66. The van der Waals surface area contributed by atoms with Gasteiger partial charge in [0.25, 0.3) is 5.91 Å². The van der Waals surface area contributed by atoms with Crippen LogP contribution in [0, 0.1) is 12.8 Å². The Morgan fingerprint density at radius 3 is 2.78 bits per heavy atom. The molecule has 2 heterocycles. The first-order chi connectivity index (χ1) is 13.0. The number of methoxy groups -OCH3 is 1. The summed E-state index contributed by atoms with van der Waals surface area (Å²) >= 11 is 1.40. The first kappa shape index (κ1) is 19.1. The number of thiophene rings is 1. The van der Waals surface area contributed by atoms with Crippen molar-refractivity contribution in [2.75, 3.05) is 19.0 Å². The van der Waals surface area contributed by atoms with Crippen molar-refractivity contribution in [3.8, 4) is 5.75 Å². The summed E-state index contributed by atoms with van der Waals surface area (Å²) in [5.41, 5.74) is 1.94. The molecule has 1 amide bonds. The lowest BCUT2D eigenvalue weighted by Crippen LogP contribution is -2.27. The van der Waals surface area contributed by atoms with Gasteiger partial charge in [-0.15, -0.1) is 11.3 Å². The lowest BCUT2D eigenvalue weighted by atomic mass is 10.1. The summed E-state index contributed by atoms with van der Waals surface area (Å²) in [6.45, 7) is 7.31. The summed E-state index contributed by atoms with van der Waals surface area (Å²) < 4.78 is 5.40. The minimum Gasteiger partial charge on any atom is -0.496 e. The van der Waals surface area contributed by atoms with Crippen LogP contribution in [0.15, 0.2) is 30.6 Å². The van der Waals surface area contributed by atoms with Gasteiger partial charge < -0.3 is 15.4 Å². The highest BCUT2D eigenvalue weighted by Crippen LogP contribution is 2.33. The fraction of sp³-hybridized carbons (Fsp3) is 0.350. The van der Waals surface area contributed by atoms with Gasteiger partial charge in [0.15, 0.2) is 0 Å². The number of rotatable bonds is 7. The third-order valence-electron chi connectivity index (χ3n) is 4.24. The second-order valence-electron chi connectivity index (χ2n) is 6.73. The number of aryl methyl sites for hydroxylation is 1. The molecule has 0 bridgehead atoms. The maximum absolute atomic E-state index is 12.5. The average molecular weight is 385 g/mol. The Morgan fingerprint density at radius 1 is 1.26 bits per heavy atom. The van der Waals surface area contributed by atoms with Gasteiger partial charge in [0, 0.05) is 18.7 Å². The van der Waals surface area contributed by atoms with Gasteiger partial charge >= 0.3 is 0 Å². The van der Waals surface area contributed by atoms with E-state index >= 15 is 0 Å². The van der Waals surface area contributed by atoms with E-state index in [9.17, 15) is 4.79 Å². The zero-order valence-corrected chi connectivity index (χ0v) is 16.8. The molecule has 1 aromatic carbocycles. The normalized spacial score (nSPS) is 11.0. The summed E-state index contributed by atoms with van der Waals surface area (Å²) in [5, 5.41) is 7.24. The van der Waals surface area contributed by atoms with Crippen LogP contribution in [0.4, 0.5) is 5.82 Å². The monoisotopic (exact) mass is 384 g/mol. The topological polar surface area (TPSA) is 76.1 Å². The lowest BCUT2D eigenvalue weighted by molar-refractivity contribution is 0.0952. The number of benzene rings is 1. The van der Waals surface area contributed by atoms with Gasteiger partial charge in [0.1, 0.15) is 22.7 Å². The number of fused-ring (bicyclic) bond motifs is 1. The van der Waals surface area contributed by atoms with Gasteiger partial charge in [-0.05, 0) is 24.5 Å². The third-order valence-corrected chi connectivity index (χ3v) is 5.44. The largest absolute Gasteiger partial charge is 0.496 e. The lowest BCUT2D eigenvalue weighted by Gasteiger charge is -2.11. The van der Waals surface area contributed by atoms with Crippen molar-refractivity contribution < 1.29 is 9.53 Å². The molecule has 0 atom stereocenters. The predicted octanol–water partition coefficient (Wildman–Crippen LogP) is 4.01. The SMILES string of the molecule is COc1ccccc1CNc1ncnc2sc(C(=O)NCC(C)C)c(C)c12. The van der Waals surface area contributed by atoms with Gasteiger partial charge in [-0.25, -0.2) is 9.97 Å². The molecule has 2 N–H and O–H groups in total. The van der Waals surface area contributed by atoms with Crippen molar-refractivity contribution in [3.63, 3.8) is 0 Å². The Morgan fingerprint density at radius 2 is 2.04 bits per heavy atom. The fourth-order valence-electron chi connectivity index (χ4n) is 2.83. The Bertz CT molecular complexity index is 952. The van der Waals surface area contributed by atoms with Crippen LogP contribution in [0.1, 0.15) is 34.6 Å². The number of hydrogen-bond donors (Lipinski definition) is 2. The van der Waals surface area contributed by atoms with Crippen LogP contribution in [0.3, 0.4) is 0 Å². The minimum atomic E-state index is -0.0557. The number of amides is 1. The number of carbonyl (C=O) groups excluding carboxylic acids is 1. The third kappa shape index (κ3) is 4.19. The molecule has 0 radical (unpaired) electrons. The van der Waals surface area contributed by atoms with E-state index in [1.54, 1.807) is 7.11 Å². The molecule has 0 aliphatic rings. The zero-order valence-electron chi connectivity index (χ0n) is 16.0. The number of para-hydroxylation sites is 1. The van der Waals surface area contributed by atoms with Crippen molar-refractivity contribution in [3.05, 3.63) is 46.6 Å². The van der Waals surface area contributed by atoms with Crippen LogP contribution in [-0.4, -0.2) is 29.5 Å². The van der Waals surface area contributed by atoms with E-state index in [2.05, 4.69) is 34.4 Å². The van der Waals surface area contributed by atoms with Gasteiger partial charge in [0.05, 0.1) is 17.4 Å². The Balaban J connectivity index is 1.87. The molecule has 2 aromatic heterocycles. The molecular formula is C20H24N4O2S. The number of aromatic nitrogens is 2. The molecule has 0 fully saturated rings. The van der Waals surface area contributed by atoms with Gasteiger partial charge in [-0.3, -0.25) is 4.79 Å². The van der Waals surface area contributed by atoms with Crippen molar-refractivity contribution in [1.82, 2.24) is 15.3 Å². The maximum Gasteiger partial charge on any atom is 0.261 e. The van der Waals surface area contributed by atoms with E-state index in [4.69, 9.17) is 4.74 Å². The number of nitrogens with zero attached hydrogens (tertiary/aromatic N) is 2. The number of carbonyl (C=O) groups is 1. The smallest absolute Gasteiger partial charge is 0.261 e. The molecule has 0 aliphatic carbocycles. The van der Waals surface area contributed by atoms with Crippen LogP contribution >= 0.6 is 11.3 Å². The van der Waals surface area contributed by atoms with Crippen molar-refractivity contribution in [2.24, 2.45) is 5.92 Å². The summed E-state index contributed by atoms with van der Waals surface area (Å²) in [6.07, 6.45) is 1.53. The molecule has 0 saturated heterocycles. The highest BCUT2D eigenvalue weighted by Gasteiger charge is 2.19. The predicted molar refractivity (Wildman–Crippen MR) is 110 cm³/mol. The second kappa shape index (κ2) is 8.35. The van der Waals surface area contributed by atoms with Gasteiger partial charge in [0.2, 0.25) is 0 Å². The molecule has 0 saturated carbocycles. The van der Waals surface area contributed by atoms with Crippen LogP contribution in [0.25, 0.3) is 10.2 Å². The molecule has 6 nitrogen and oxygen atoms in total. The van der Waals surface area contributed by atoms with E-state index in [0.29, 0.717) is 23.9 Å². The van der Waals surface area contributed by atoms with E-state index in [0.717, 1.165) is 32.9 Å². The van der Waals surface area contributed by atoms with Crippen molar-refractivity contribution >= 4 is 33.3 Å². The van der Waals surface area contributed by atoms with Crippen LogP contribution in [0.2, 0.25) is 0 Å². The average Bonchev–Trinajstić information content (AvgIpc) is 3.02. The minimum absolute atomic E-state index is 0.0557. The molecule has 142 valence electrons. The highest BCUT2D eigenvalue weighted by molar-refractivity contribution is 7.20. The molecular weight excluding hydrogens is 360 g/mol. The molecule has 0 unspecified atom stereocenters. The van der Waals surface area contributed by atoms with E-state index in [-0.39, 0.29) is 5.91 Å². The van der Waals surface area contributed by atoms with Crippen LogP contribution in [-0.2, 0) is 6.54 Å². The summed E-state index contributed by atoms with van der Waals surface area (Å²) in [5.74, 6) is 1.90. The van der Waals surface area contributed by atoms with E-state index in [1.165, 1.54) is 17.7 Å².